The summed E-state index contributed by atoms with van der Waals surface area (Å²) in [7, 11) is -2.05. The summed E-state index contributed by atoms with van der Waals surface area (Å²) in [6.07, 6.45) is 6.87. The summed E-state index contributed by atoms with van der Waals surface area (Å²) in [5.41, 5.74) is 1.39. The zero-order valence-corrected chi connectivity index (χ0v) is 24.8. The highest BCUT2D eigenvalue weighted by atomic mass is 79.9. The van der Waals surface area contributed by atoms with Gasteiger partial charge in [-0.1, -0.05) is 53.4 Å². The van der Waals surface area contributed by atoms with E-state index in [0.717, 1.165) is 42.0 Å². The van der Waals surface area contributed by atoms with Crippen LogP contribution in [0, 0.1) is 0 Å². The van der Waals surface area contributed by atoms with E-state index in [-0.39, 0.29) is 37.4 Å². The number of hydrogen-bond donors (Lipinski definition) is 1. The van der Waals surface area contributed by atoms with Crippen molar-refractivity contribution in [2.45, 2.75) is 70.5 Å². The molecule has 1 fully saturated rings. The molecule has 1 N–H and O–H groups in total. The first-order chi connectivity index (χ1) is 18.1. The van der Waals surface area contributed by atoms with E-state index in [1.165, 1.54) is 17.8 Å². The first kappa shape index (κ1) is 30.0. The summed E-state index contributed by atoms with van der Waals surface area (Å²) < 4.78 is 32.5. The first-order valence-electron chi connectivity index (χ1n) is 13.0. The van der Waals surface area contributed by atoms with E-state index in [2.05, 4.69) is 21.2 Å². The van der Waals surface area contributed by atoms with Gasteiger partial charge in [-0.25, -0.2) is 8.42 Å². The van der Waals surface area contributed by atoms with Crippen LogP contribution in [-0.2, 0) is 26.2 Å². The standard InChI is InChI=1S/C28H38BrN3O5S/c1-21(28(34)30-24-9-5-4-6-10-24)31(20-22-14-16-23(29)17-15-22)27(33)13-8-18-32(38(3,35)36)25-11-7-12-26(19-25)37-2/h7,11-12,14-17,19,21,24H,4-6,8-10,13,18,20H2,1-3H3,(H,30,34)/t21-/m1/s1. The summed E-state index contributed by atoms with van der Waals surface area (Å²) in [6.45, 7) is 2.18. The third-order valence-corrected chi connectivity index (χ3v) is 8.60. The van der Waals surface area contributed by atoms with Gasteiger partial charge in [0, 0.05) is 36.1 Å². The minimum atomic E-state index is -3.58. The Labute approximate surface area is 234 Å². The van der Waals surface area contributed by atoms with E-state index in [1.807, 2.05) is 24.3 Å². The number of methoxy groups -OCH3 is 1. The smallest absolute Gasteiger partial charge is 0.242 e. The molecule has 0 spiro atoms. The van der Waals surface area contributed by atoms with Crippen molar-refractivity contribution >= 4 is 43.5 Å². The number of rotatable bonds is 12. The molecule has 1 aliphatic rings. The molecular weight excluding hydrogens is 570 g/mol. The molecule has 3 rings (SSSR count). The molecule has 1 atom stereocenters. The molecule has 2 aromatic carbocycles. The van der Waals surface area contributed by atoms with Gasteiger partial charge in [0.2, 0.25) is 21.8 Å². The Hall–Kier alpha value is -2.59. The normalized spacial score (nSPS) is 14.9. The molecule has 38 heavy (non-hydrogen) atoms. The largest absolute Gasteiger partial charge is 0.497 e. The third-order valence-electron chi connectivity index (χ3n) is 6.88. The molecule has 8 nitrogen and oxygen atoms in total. The van der Waals surface area contributed by atoms with E-state index in [4.69, 9.17) is 4.74 Å². The second kappa shape index (κ2) is 14.0. The number of halogens is 1. The summed E-state index contributed by atoms with van der Waals surface area (Å²) in [5, 5.41) is 3.14. The predicted molar refractivity (Wildman–Crippen MR) is 154 cm³/mol. The Morgan fingerprint density at radius 3 is 2.42 bits per heavy atom. The molecule has 0 aromatic heterocycles. The van der Waals surface area contributed by atoms with Gasteiger partial charge < -0.3 is 15.0 Å². The molecule has 1 aliphatic carbocycles. The quantitative estimate of drug-likeness (QED) is 0.371. The van der Waals surface area contributed by atoms with Crippen LogP contribution in [0.1, 0.15) is 57.4 Å². The zero-order valence-electron chi connectivity index (χ0n) is 22.4. The zero-order chi connectivity index (χ0) is 27.7. The van der Waals surface area contributed by atoms with Crippen molar-refractivity contribution in [3.8, 4) is 5.75 Å². The summed E-state index contributed by atoms with van der Waals surface area (Å²) in [6, 6.07) is 14.0. The van der Waals surface area contributed by atoms with Crippen molar-refractivity contribution in [1.82, 2.24) is 10.2 Å². The molecule has 0 aliphatic heterocycles. The van der Waals surface area contributed by atoms with Gasteiger partial charge in [-0.2, -0.15) is 0 Å². The highest BCUT2D eigenvalue weighted by Gasteiger charge is 2.28. The summed E-state index contributed by atoms with van der Waals surface area (Å²) in [4.78, 5) is 28.2. The molecule has 1 saturated carbocycles. The number of hydrogen-bond acceptors (Lipinski definition) is 5. The average Bonchev–Trinajstić information content (AvgIpc) is 2.90. The van der Waals surface area contributed by atoms with E-state index in [1.54, 1.807) is 36.1 Å². The molecule has 2 aromatic rings. The fourth-order valence-corrected chi connectivity index (χ4v) is 5.93. The Morgan fingerprint density at radius 1 is 1.11 bits per heavy atom. The fraction of sp³-hybridized carbons (Fsp3) is 0.500. The Balaban J connectivity index is 1.71. The van der Waals surface area contributed by atoms with Crippen LogP contribution in [0.4, 0.5) is 5.69 Å². The Morgan fingerprint density at radius 2 is 1.79 bits per heavy atom. The lowest BCUT2D eigenvalue weighted by molar-refractivity contribution is -0.141. The number of carbonyl (C=O) groups excluding carboxylic acids is 2. The number of carbonyl (C=O) groups is 2. The Bertz CT molecular complexity index is 1180. The lowest BCUT2D eigenvalue weighted by atomic mass is 9.95. The predicted octanol–water partition coefficient (Wildman–Crippen LogP) is 4.87. The number of nitrogens with zero attached hydrogens (tertiary/aromatic N) is 2. The minimum Gasteiger partial charge on any atom is -0.497 e. The minimum absolute atomic E-state index is 0.105. The molecule has 0 radical (unpaired) electrons. The van der Waals surface area contributed by atoms with Crippen LogP contribution in [0.5, 0.6) is 5.75 Å². The van der Waals surface area contributed by atoms with Gasteiger partial charge in [0.25, 0.3) is 0 Å². The van der Waals surface area contributed by atoms with Gasteiger partial charge in [0.1, 0.15) is 11.8 Å². The van der Waals surface area contributed by atoms with Gasteiger partial charge in [0.15, 0.2) is 0 Å². The SMILES string of the molecule is COc1cccc(N(CCCC(=O)N(Cc2ccc(Br)cc2)[C@H](C)C(=O)NC2CCCCC2)S(C)(=O)=O)c1. The van der Waals surface area contributed by atoms with Crippen molar-refractivity contribution in [2.24, 2.45) is 0 Å². The Kier molecular flexibility index (Phi) is 11.0. The van der Waals surface area contributed by atoms with Crippen LogP contribution in [-0.4, -0.2) is 57.1 Å². The fourth-order valence-electron chi connectivity index (χ4n) is 4.71. The monoisotopic (exact) mass is 607 g/mol. The third kappa shape index (κ3) is 8.73. The van der Waals surface area contributed by atoms with Crippen molar-refractivity contribution in [2.75, 3.05) is 24.2 Å². The molecule has 0 saturated heterocycles. The second-order valence-corrected chi connectivity index (χ2v) is 12.6. The molecule has 10 heteroatoms. The van der Waals surface area contributed by atoms with Crippen molar-refractivity contribution in [3.05, 3.63) is 58.6 Å². The lowest BCUT2D eigenvalue weighted by Crippen LogP contribution is -2.50. The van der Waals surface area contributed by atoms with Crippen LogP contribution in [0.15, 0.2) is 53.0 Å². The molecular formula is C28H38BrN3O5S. The maximum Gasteiger partial charge on any atom is 0.242 e. The number of benzene rings is 2. The van der Waals surface area contributed by atoms with Gasteiger partial charge in [-0.15, -0.1) is 0 Å². The summed E-state index contributed by atoms with van der Waals surface area (Å²) >= 11 is 3.43. The van der Waals surface area contributed by atoms with E-state index >= 15 is 0 Å². The van der Waals surface area contributed by atoms with Gasteiger partial charge >= 0.3 is 0 Å². The van der Waals surface area contributed by atoms with Crippen LogP contribution >= 0.6 is 15.9 Å². The van der Waals surface area contributed by atoms with E-state index in [9.17, 15) is 18.0 Å². The van der Waals surface area contributed by atoms with Crippen LogP contribution in [0.3, 0.4) is 0 Å². The maximum atomic E-state index is 13.5. The van der Waals surface area contributed by atoms with E-state index < -0.39 is 16.1 Å². The van der Waals surface area contributed by atoms with Gasteiger partial charge in [-0.3, -0.25) is 13.9 Å². The van der Waals surface area contributed by atoms with E-state index in [0.29, 0.717) is 17.9 Å². The van der Waals surface area contributed by atoms with Crippen molar-refractivity contribution < 1.29 is 22.7 Å². The maximum absolute atomic E-state index is 13.5. The van der Waals surface area contributed by atoms with Crippen molar-refractivity contribution in [3.63, 3.8) is 0 Å². The molecule has 0 heterocycles. The number of nitrogens with one attached hydrogen (secondary N) is 1. The number of amides is 2. The number of ether oxygens (including phenoxy) is 1. The van der Waals surface area contributed by atoms with Crippen LogP contribution in [0.2, 0.25) is 0 Å². The summed E-state index contributed by atoms with van der Waals surface area (Å²) in [5.74, 6) is 0.195. The molecule has 0 unspecified atom stereocenters. The first-order valence-corrected chi connectivity index (χ1v) is 15.7. The average molecular weight is 609 g/mol. The van der Waals surface area contributed by atoms with Crippen LogP contribution in [0.25, 0.3) is 0 Å². The van der Waals surface area contributed by atoms with Crippen molar-refractivity contribution in [1.29, 1.82) is 0 Å². The molecule has 2 amide bonds. The van der Waals surface area contributed by atoms with Crippen LogP contribution < -0.4 is 14.4 Å². The molecule has 208 valence electrons. The number of anilines is 1. The highest BCUT2D eigenvalue weighted by Crippen LogP contribution is 2.24. The second-order valence-electron chi connectivity index (χ2n) is 9.81. The van der Waals surface area contributed by atoms with Gasteiger partial charge in [0.05, 0.1) is 19.1 Å². The lowest BCUT2D eigenvalue weighted by Gasteiger charge is -2.31. The number of sulfonamides is 1. The molecule has 0 bridgehead atoms. The highest BCUT2D eigenvalue weighted by molar-refractivity contribution is 9.10. The topological polar surface area (TPSA) is 96.0 Å². The van der Waals surface area contributed by atoms with Gasteiger partial charge in [-0.05, 0) is 56.0 Å².